The molecule has 0 saturated carbocycles. The van der Waals surface area contributed by atoms with Gasteiger partial charge in [-0.05, 0) is 12.0 Å². The summed E-state index contributed by atoms with van der Waals surface area (Å²) in [6.45, 7) is 1.69. The van der Waals surface area contributed by atoms with Gasteiger partial charge in [0, 0.05) is 5.46 Å². The van der Waals surface area contributed by atoms with Gasteiger partial charge in [0.05, 0.1) is 0 Å². The summed E-state index contributed by atoms with van der Waals surface area (Å²) in [4.78, 5) is 0. The molecule has 0 aliphatic heterocycles. The van der Waals surface area contributed by atoms with Crippen molar-refractivity contribution in [1.82, 2.24) is 0 Å². The number of hydrogen-bond donors (Lipinski definition) is 2. The zero-order valence-electron chi connectivity index (χ0n) is 7.09. The summed E-state index contributed by atoms with van der Waals surface area (Å²) in [6, 6.07) is 2.51. The molecule has 0 saturated heterocycles. The average molecular weight is 186 g/mol. The molecule has 5 heteroatoms. The number of aryl methyl sites for hydroxylation is 1. The quantitative estimate of drug-likeness (QED) is 0.648. The van der Waals surface area contributed by atoms with E-state index in [1.165, 1.54) is 12.1 Å². The van der Waals surface area contributed by atoms with Gasteiger partial charge in [-0.1, -0.05) is 19.1 Å². The average Bonchev–Trinajstić information content (AvgIpc) is 2.09. The molecule has 1 aromatic rings. The molecular formula is C8H9BF2O2. The number of benzene rings is 1. The predicted octanol–water partition coefficient (Wildman–Crippen LogP) is 0.207. The largest absolute Gasteiger partial charge is 0.491 e. The Kier molecular flexibility index (Phi) is 3.00. The van der Waals surface area contributed by atoms with Crippen LogP contribution in [0.5, 0.6) is 0 Å². The molecule has 0 aliphatic carbocycles. The Bertz CT molecular complexity index is 315. The second kappa shape index (κ2) is 3.85. The maximum atomic E-state index is 13.0. The Labute approximate surface area is 75.0 Å². The molecule has 0 heterocycles. The van der Waals surface area contributed by atoms with Crippen molar-refractivity contribution in [3.05, 3.63) is 29.3 Å². The van der Waals surface area contributed by atoms with Crippen LogP contribution in [0.15, 0.2) is 12.1 Å². The van der Waals surface area contributed by atoms with Crippen molar-refractivity contribution in [1.29, 1.82) is 0 Å². The molecule has 1 rings (SSSR count). The molecule has 0 aliphatic rings. The molecule has 0 atom stereocenters. The van der Waals surface area contributed by atoms with Gasteiger partial charge in [0.15, 0.2) is 11.6 Å². The summed E-state index contributed by atoms with van der Waals surface area (Å²) < 4.78 is 26.0. The predicted molar refractivity (Wildman–Crippen MR) is 45.6 cm³/mol. The molecule has 0 aromatic heterocycles. The Hall–Kier alpha value is -0.935. The molecule has 0 spiro atoms. The summed E-state index contributed by atoms with van der Waals surface area (Å²) in [5.41, 5.74) is -0.211. The lowest BCUT2D eigenvalue weighted by molar-refractivity contribution is 0.419. The first kappa shape index (κ1) is 10.1. The molecule has 70 valence electrons. The van der Waals surface area contributed by atoms with Crippen LogP contribution in [-0.4, -0.2) is 17.2 Å². The van der Waals surface area contributed by atoms with E-state index in [0.717, 1.165) is 0 Å². The third kappa shape index (κ3) is 1.87. The van der Waals surface area contributed by atoms with Crippen molar-refractivity contribution in [3.8, 4) is 0 Å². The minimum atomic E-state index is -1.97. The first-order chi connectivity index (χ1) is 6.07. The monoisotopic (exact) mass is 186 g/mol. The van der Waals surface area contributed by atoms with Crippen LogP contribution in [0.4, 0.5) is 8.78 Å². The molecule has 0 unspecified atom stereocenters. The van der Waals surface area contributed by atoms with Crippen molar-refractivity contribution < 1.29 is 18.8 Å². The van der Waals surface area contributed by atoms with E-state index in [1.54, 1.807) is 6.92 Å². The highest BCUT2D eigenvalue weighted by Gasteiger charge is 2.20. The molecule has 0 bridgehead atoms. The van der Waals surface area contributed by atoms with Gasteiger partial charge < -0.3 is 10.0 Å². The smallest absolute Gasteiger partial charge is 0.423 e. The van der Waals surface area contributed by atoms with Gasteiger partial charge in [-0.25, -0.2) is 8.78 Å². The molecule has 0 amide bonds. The topological polar surface area (TPSA) is 40.5 Å². The van der Waals surface area contributed by atoms with Gasteiger partial charge in [-0.2, -0.15) is 0 Å². The minimum absolute atomic E-state index is 0.224. The maximum absolute atomic E-state index is 13.0. The number of hydrogen-bond acceptors (Lipinski definition) is 2. The number of halogens is 2. The summed E-state index contributed by atoms with van der Waals surface area (Å²) >= 11 is 0. The van der Waals surface area contributed by atoms with Crippen molar-refractivity contribution in [2.45, 2.75) is 13.3 Å². The zero-order chi connectivity index (χ0) is 10.0. The van der Waals surface area contributed by atoms with Crippen LogP contribution in [0, 0.1) is 11.6 Å². The Morgan fingerprint density at radius 3 is 2.31 bits per heavy atom. The molecule has 1 aromatic carbocycles. The lowest BCUT2D eigenvalue weighted by Gasteiger charge is -2.05. The van der Waals surface area contributed by atoms with Crippen molar-refractivity contribution >= 4 is 12.6 Å². The van der Waals surface area contributed by atoms with E-state index < -0.39 is 24.2 Å². The lowest BCUT2D eigenvalue weighted by Crippen LogP contribution is -2.33. The standard InChI is InChI=1S/C8H9BF2O2/c1-2-5-3-4-6(9(12)13)8(11)7(5)10/h3-4,12-13H,2H2,1H3. The molecule has 13 heavy (non-hydrogen) atoms. The van der Waals surface area contributed by atoms with E-state index in [0.29, 0.717) is 6.42 Å². The Morgan fingerprint density at radius 2 is 1.85 bits per heavy atom. The normalized spacial score (nSPS) is 10.2. The highest BCUT2D eigenvalue weighted by molar-refractivity contribution is 6.58. The van der Waals surface area contributed by atoms with Gasteiger partial charge in [-0.3, -0.25) is 0 Å². The molecule has 2 N–H and O–H groups in total. The Balaban J connectivity index is 3.23. The van der Waals surface area contributed by atoms with Crippen molar-refractivity contribution in [2.75, 3.05) is 0 Å². The van der Waals surface area contributed by atoms with Crippen LogP contribution >= 0.6 is 0 Å². The second-order valence-electron chi connectivity index (χ2n) is 2.67. The van der Waals surface area contributed by atoms with Crippen LogP contribution in [0.25, 0.3) is 0 Å². The van der Waals surface area contributed by atoms with E-state index in [2.05, 4.69) is 0 Å². The number of rotatable bonds is 2. The van der Waals surface area contributed by atoms with Crippen LogP contribution in [-0.2, 0) is 6.42 Å². The van der Waals surface area contributed by atoms with Gasteiger partial charge in [0.1, 0.15) is 0 Å². The fourth-order valence-corrected chi connectivity index (χ4v) is 1.08. The van der Waals surface area contributed by atoms with E-state index in [9.17, 15) is 8.78 Å². The van der Waals surface area contributed by atoms with Crippen LogP contribution in [0.2, 0.25) is 0 Å². The minimum Gasteiger partial charge on any atom is -0.423 e. The first-order valence-electron chi connectivity index (χ1n) is 3.90. The second-order valence-corrected chi connectivity index (χ2v) is 2.67. The van der Waals surface area contributed by atoms with Gasteiger partial charge in [0.2, 0.25) is 0 Å². The van der Waals surface area contributed by atoms with E-state index >= 15 is 0 Å². The highest BCUT2D eigenvalue weighted by atomic mass is 19.2. The van der Waals surface area contributed by atoms with Gasteiger partial charge in [0.25, 0.3) is 0 Å². The Morgan fingerprint density at radius 1 is 1.23 bits per heavy atom. The summed E-state index contributed by atoms with van der Waals surface area (Å²) in [7, 11) is -1.97. The SMILES string of the molecule is CCc1ccc(B(O)O)c(F)c1F. The fraction of sp³-hybridized carbons (Fsp3) is 0.250. The van der Waals surface area contributed by atoms with Gasteiger partial charge >= 0.3 is 7.12 Å². The summed E-state index contributed by atoms with van der Waals surface area (Å²) in [5, 5.41) is 17.3. The maximum Gasteiger partial charge on any atom is 0.491 e. The van der Waals surface area contributed by atoms with E-state index in [4.69, 9.17) is 10.0 Å². The first-order valence-corrected chi connectivity index (χ1v) is 3.90. The molecular weight excluding hydrogens is 177 g/mol. The third-order valence-corrected chi connectivity index (χ3v) is 1.85. The third-order valence-electron chi connectivity index (χ3n) is 1.85. The van der Waals surface area contributed by atoms with Crippen molar-refractivity contribution in [3.63, 3.8) is 0 Å². The highest BCUT2D eigenvalue weighted by Crippen LogP contribution is 2.10. The van der Waals surface area contributed by atoms with E-state index in [1.807, 2.05) is 0 Å². The zero-order valence-corrected chi connectivity index (χ0v) is 7.09. The van der Waals surface area contributed by atoms with E-state index in [-0.39, 0.29) is 5.56 Å². The molecule has 0 radical (unpaired) electrons. The fourth-order valence-electron chi connectivity index (χ4n) is 1.08. The summed E-state index contributed by atoms with van der Waals surface area (Å²) in [6.07, 6.45) is 0.366. The van der Waals surface area contributed by atoms with Crippen LogP contribution in [0.1, 0.15) is 12.5 Å². The van der Waals surface area contributed by atoms with Crippen LogP contribution < -0.4 is 5.46 Å². The van der Waals surface area contributed by atoms with Crippen LogP contribution in [0.3, 0.4) is 0 Å². The molecule has 0 fully saturated rings. The van der Waals surface area contributed by atoms with Crippen molar-refractivity contribution in [2.24, 2.45) is 0 Å². The lowest BCUT2D eigenvalue weighted by atomic mass is 9.79. The summed E-state index contributed by atoms with van der Waals surface area (Å²) in [5.74, 6) is -2.19. The molecule has 2 nitrogen and oxygen atoms in total. The van der Waals surface area contributed by atoms with Gasteiger partial charge in [-0.15, -0.1) is 0 Å².